The van der Waals surface area contributed by atoms with E-state index in [4.69, 9.17) is 0 Å². The Morgan fingerprint density at radius 3 is 2.35 bits per heavy atom. The quantitative estimate of drug-likeness (QED) is 0.123. The van der Waals surface area contributed by atoms with Crippen LogP contribution in [-0.4, -0.2) is 107 Å². The maximum Gasteiger partial charge on any atom is 0.251 e. The summed E-state index contributed by atoms with van der Waals surface area (Å²) >= 11 is 0. The van der Waals surface area contributed by atoms with Gasteiger partial charge in [-0.2, -0.15) is 0 Å². The van der Waals surface area contributed by atoms with E-state index in [1.807, 2.05) is 59.0 Å². The smallest absolute Gasteiger partial charge is 0.251 e. The lowest BCUT2D eigenvalue weighted by Gasteiger charge is -2.53. The highest BCUT2D eigenvalue weighted by Crippen LogP contribution is 2.54. The molecule has 1 saturated carbocycles. The van der Waals surface area contributed by atoms with Crippen molar-refractivity contribution in [2.45, 2.75) is 115 Å². The van der Waals surface area contributed by atoms with Gasteiger partial charge in [0.2, 0.25) is 11.8 Å². The molecule has 65 heavy (non-hydrogen) atoms. The van der Waals surface area contributed by atoms with Crippen molar-refractivity contribution in [2.75, 3.05) is 44.7 Å². The van der Waals surface area contributed by atoms with Crippen LogP contribution in [0.15, 0.2) is 60.8 Å². The summed E-state index contributed by atoms with van der Waals surface area (Å²) in [6, 6.07) is 13.2. The van der Waals surface area contributed by atoms with Gasteiger partial charge in [-0.05, 0) is 124 Å². The number of carbonyl (C=O) groups is 3. The molecule has 3 atom stereocenters. The molecular formula is C51H59F4N7O3. The van der Waals surface area contributed by atoms with E-state index in [0.717, 1.165) is 92.0 Å². The molecule has 5 aliphatic heterocycles. The summed E-state index contributed by atoms with van der Waals surface area (Å²) in [6.07, 6.45) is 5.28. The molecule has 1 aliphatic carbocycles. The molecule has 10 rings (SSSR count). The topological polar surface area (TPSA) is 95.2 Å². The number of allylic oxidation sites excluding steroid dienone is 1. The number of carbonyl (C=O) groups excluding carboxylic acids is 3. The van der Waals surface area contributed by atoms with Gasteiger partial charge in [-0.15, -0.1) is 0 Å². The summed E-state index contributed by atoms with van der Waals surface area (Å²) in [5.74, 6) is -1.31. The van der Waals surface area contributed by atoms with Crippen LogP contribution in [0.5, 0.6) is 0 Å². The minimum absolute atomic E-state index is 0.0104. The molecule has 14 heteroatoms. The summed E-state index contributed by atoms with van der Waals surface area (Å²) < 4.78 is 60.6. The number of aromatic nitrogens is 1. The summed E-state index contributed by atoms with van der Waals surface area (Å²) in [7, 11) is 1.93. The first-order valence-corrected chi connectivity index (χ1v) is 23.5. The molecule has 3 aromatic carbocycles. The molecule has 1 spiro atoms. The van der Waals surface area contributed by atoms with E-state index < -0.39 is 30.6 Å². The number of hydrogen-bond donors (Lipinski definition) is 2. The van der Waals surface area contributed by atoms with E-state index >= 15 is 8.78 Å². The van der Waals surface area contributed by atoms with Gasteiger partial charge >= 0.3 is 0 Å². The number of benzene rings is 3. The molecule has 344 valence electrons. The van der Waals surface area contributed by atoms with E-state index in [-0.39, 0.29) is 40.8 Å². The molecule has 4 aromatic rings. The first-order chi connectivity index (χ1) is 31.3. The number of nitrogens with zero attached hydrogens (tertiary/aromatic N) is 5. The highest BCUT2D eigenvalue weighted by atomic mass is 19.3. The summed E-state index contributed by atoms with van der Waals surface area (Å²) in [5.41, 5.74) is 7.29. The predicted molar refractivity (Wildman–Crippen MR) is 241 cm³/mol. The van der Waals surface area contributed by atoms with Crippen molar-refractivity contribution in [3.63, 3.8) is 0 Å². The van der Waals surface area contributed by atoms with Crippen molar-refractivity contribution in [1.82, 2.24) is 29.9 Å². The Morgan fingerprint density at radius 2 is 1.68 bits per heavy atom. The van der Waals surface area contributed by atoms with Crippen LogP contribution in [0, 0.1) is 23.0 Å². The summed E-state index contributed by atoms with van der Waals surface area (Å²) in [5, 5.41) is 3.80. The zero-order valence-corrected chi connectivity index (χ0v) is 37.4. The number of fused-ring (bicyclic) bond motifs is 4. The van der Waals surface area contributed by atoms with E-state index in [1.165, 1.54) is 28.2 Å². The number of hydrogen-bond acceptors (Lipinski definition) is 7. The third kappa shape index (κ3) is 8.17. The number of nitrogens with one attached hydrogen (secondary N) is 2. The summed E-state index contributed by atoms with van der Waals surface area (Å²) in [4.78, 5) is 52.1. The number of anilines is 1. The van der Waals surface area contributed by atoms with Crippen LogP contribution in [0.1, 0.15) is 108 Å². The average Bonchev–Trinajstić information content (AvgIpc) is 3.86. The molecular weight excluding hydrogens is 835 g/mol. The number of alkyl halides is 2. The molecule has 4 fully saturated rings. The van der Waals surface area contributed by atoms with Crippen LogP contribution in [0.25, 0.3) is 10.9 Å². The minimum atomic E-state index is -2.67. The molecule has 2 N–H and O–H groups in total. The Morgan fingerprint density at radius 1 is 0.985 bits per heavy atom. The fraction of sp³-hybridized carbons (Fsp3) is 0.510. The largest absolute Gasteiger partial charge is 0.371 e. The fourth-order valence-electron chi connectivity index (χ4n) is 12.4. The van der Waals surface area contributed by atoms with Gasteiger partial charge in [0, 0.05) is 103 Å². The number of amides is 2. The predicted octanol–water partition coefficient (Wildman–Crippen LogP) is 8.09. The van der Waals surface area contributed by atoms with Gasteiger partial charge in [-0.3, -0.25) is 29.1 Å². The number of rotatable bonds is 10. The molecule has 0 bridgehead atoms. The maximum atomic E-state index is 16.3. The lowest BCUT2D eigenvalue weighted by Crippen LogP contribution is -2.53. The van der Waals surface area contributed by atoms with Crippen LogP contribution in [0.3, 0.4) is 0 Å². The van der Waals surface area contributed by atoms with Gasteiger partial charge in [0.15, 0.2) is 0 Å². The first-order valence-electron chi connectivity index (χ1n) is 23.5. The van der Waals surface area contributed by atoms with Crippen LogP contribution in [-0.2, 0) is 35.6 Å². The average molecular weight is 894 g/mol. The van der Waals surface area contributed by atoms with Crippen molar-refractivity contribution in [1.29, 1.82) is 0 Å². The van der Waals surface area contributed by atoms with E-state index in [9.17, 15) is 23.2 Å². The molecule has 6 aliphatic rings. The Balaban J connectivity index is 0.727. The number of H-pyrrole nitrogens is 1. The van der Waals surface area contributed by atoms with E-state index in [0.29, 0.717) is 68.6 Å². The lowest BCUT2D eigenvalue weighted by atomic mass is 9.57. The van der Waals surface area contributed by atoms with Crippen molar-refractivity contribution >= 4 is 34.7 Å². The Labute approximate surface area is 378 Å². The number of aldehydes is 1. The van der Waals surface area contributed by atoms with Crippen molar-refractivity contribution < 1.29 is 31.9 Å². The van der Waals surface area contributed by atoms with Gasteiger partial charge in [-0.1, -0.05) is 30.8 Å². The van der Waals surface area contributed by atoms with Crippen LogP contribution in [0.2, 0.25) is 0 Å². The fourth-order valence-corrected chi connectivity index (χ4v) is 12.4. The zero-order valence-electron chi connectivity index (χ0n) is 37.4. The molecule has 1 aromatic heterocycles. The van der Waals surface area contributed by atoms with Gasteiger partial charge in [-0.25, -0.2) is 17.6 Å². The Hall–Kier alpha value is -5.05. The third-order valence-corrected chi connectivity index (χ3v) is 16.0. The van der Waals surface area contributed by atoms with E-state index in [1.54, 1.807) is 0 Å². The lowest BCUT2D eigenvalue weighted by molar-refractivity contribution is -0.146. The highest BCUT2D eigenvalue weighted by molar-refractivity contribution is 5.86. The standard InChI is InChI=1S/C51H59F4N7O3/c1-30-8-9-44(49(64)56-30)58(3)25-32-19-33-26-61(27-34(33)20-35(32)29-63)37-10-14-60(15-11-37)50(65)36-23-51(24-36)12-16-59(17-13-51)38-21-41(52)46(42(53)22-38)48-47-40(18-31(2)62(48)28-45(54)55)39-6-4-5-7-43(39)57-47/h4-7,19-22,29,31,36-37,44-45,48,57H,1,8-18,23-28H2,2-3H3,(H,56,64)/t31-,44?,48-/m1/s1. The third-order valence-electron chi connectivity index (χ3n) is 16.0. The van der Waals surface area contributed by atoms with Crippen molar-refractivity contribution in [3.8, 4) is 0 Å². The SMILES string of the molecule is C=C1CCC(N(C)Cc2cc3c(cc2C=O)CN(C2CCN(C(=O)C4CC5(CCN(c6cc(F)c([C@@H]7c8[nH]c9ccccc9c8C[C@@H](C)N7CC(F)F)c(F)c6)CC5)C4)CC2)C3)C(=O)N1. The van der Waals surface area contributed by atoms with Crippen molar-refractivity contribution in [2.24, 2.45) is 11.3 Å². The molecule has 0 radical (unpaired) electrons. The zero-order chi connectivity index (χ0) is 45.3. The number of likely N-dealkylation sites (N-methyl/N-ethyl adjacent to an activating group) is 1. The van der Waals surface area contributed by atoms with Crippen LogP contribution >= 0.6 is 0 Å². The van der Waals surface area contributed by atoms with Crippen LogP contribution < -0.4 is 10.2 Å². The molecule has 10 nitrogen and oxygen atoms in total. The molecule has 6 heterocycles. The van der Waals surface area contributed by atoms with E-state index in [2.05, 4.69) is 27.8 Å². The van der Waals surface area contributed by atoms with Gasteiger partial charge in [0.1, 0.15) is 17.9 Å². The number of aromatic amines is 1. The summed E-state index contributed by atoms with van der Waals surface area (Å²) in [6.45, 7) is 9.87. The van der Waals surface area contributed by atoms with Gasteiger partial charge in [0.05, 0.1) is 18.6 Å². The Kier molecular flexibility index (Phi) is 11.7. The van der Waals surface area contributed by atoms with Gasteiger partial charge < -0.3 is 20.1 Å². The molecule has 3 saturated heterocycles. The van der Waals surface area contributed by atoms with Crippen LogP contribution in [0.4, 0.5) is 23.2 Å². The minimum Gasteiger partial charge on any atom is -0.371 e. The second kappa shape index (κ2) is 17.3. The van der Waals surface area contributed by atoms with Crippen molar-refractivity contribution in [3.05, 3.63) is 112 Å². The monoisotopic (exact) mass is 893 g/mol. The maximum absolute atomic E-state index is 16.3. The highest BCUT2D eigenvalue weighted by Gasteiger charge is 2.50. The molecule has 1 unspecified atom stereocenters. The normalized spacial score (nSPS) is 24.2. The van der Waals surface area contributed by atoms with Gasteiger partial charge in [0.25, 0.3) is 6.43 Å². The second-order valence-corrected chi connectivity index (χ2v) is 20.0. The number of piperidine rings is 3. The number of para-hydroxylation sites is 1. The Bertz CT molecular complexity index is 2500. The molecule has 2 amide bonds. The second-order valence-electron chi connectivity index (χ2n) is 20.0. The first kappa shape index (κ1) is 43.8. The number of likely N-dealkylation sites (tertiary alicyclic amines) is 1. The number of halogens is 4.